The lowest BCUT2D eigenvalue weighted by Crippen LogP contribution is -1.97. The zero-order chi connectivity index (χ0) is 9.97. The third-order valence-electron chi connectivity index (χ3n) is 2.16. The van der Waals surface area contributed by atoms with Gasteiger partial charge in [0.1, 0.15) is 0 Å². The number of aliphatic hydroxyl groups is 1. The van der Waals surface area contributed by atoms with Crippen molar-refractivity contribution in [1.29, 1.82) is 0 Å². The lowest BCUT2D eigenvalue weighted by molar-refractivity contribution is 0.171. The zero-order valence-corrected chi connectivity index (χ0v) is 7.95. The molecule has 0 bridgehead atoms. The molecule has 4 heteroatoms. The maximum Gasteiger partial charge on any atom is 0.231 e. The van der Waals surface area contributed by atoms with E-state index in [1.165, 1.54) is 0 Å². The van der Waals surface area contributed by atoms with Gasteiger partial charge in [-0.1, -0.05) is 6.07 Å². The van der Waals surface area contributed by atoms with Crippen molar-refractivity contribution in [3.8, 4) is 17.2 Å². The van der Waals surface area contributed by atoms with Crippen LogP contribution in [0, 0.1) is 0 Å². The second kappa shape index (κ2) is 3.75. The topological polar surface area (TPSA) is 47.9 Å². The minimum atomic E-state index is 0.0933. The Bertz CT molecular complexity index is 335. The Morgan fingerprint density at radius 3 is 3.00 bits per heavy atom. The average molecular weight is 196 g/mol. The zero-order valence-electron chi connectivity index (χ0n) is 7.95. The molecular weight excluding hydrogens is 184 g/mol. The van der Waals surface area contributed by atoms with Gasteiger partial charge in [0, 0.05) is 12.2 Å². The molecule has 4 nitrogen and oxygen atoms in total. The van der Waals surface area contributed by atoms with Crippen molar-refractivity contribution in [2.24, 2.45) is 0 Å². The lowest BCUT2D eigenvalue weighted by Gasteiger charge is -2.09. The molecule has 76 valence electrons. The van der Waals surface area contributed by atoms with Gasteiger partial charge in [-0.15, -0.1) is 0 Å². The first-order valence-corrected chi connectivity index (χ1v) is 4.43. The SMILES string of the molecule is COc1c(CCO)ccc2c1OCO2. The van der Waals surface area contributed by atoms with Crippen molar-refractivity contribution in [3.05, 3.63) is 17.7 Å². The molecule has 1 aliphatic rings. The molecule has 2 rings (SSSR count). The Hall–Kier alpha value is -1.42. The normalized spacial score (nSPS) is 13.0. The van der Waals surface area contributed by atoms with E-state index >= 15 is 0 Å². The highest BCUT2D eigenvalue weighted by molar-refractivity contribution is 5.56. The molecule has 1 heterocycles. The quantitative estimate of drug-likeness (QED) is 0.782. The number of ether oxygens (including phenoxy) is 3. The van der Waals surface area contributed by atoms with E-state index in [9.17, 15) is 0 Å². The van der Waals surface area contributed by atoms with Crippen LogP contribution < -0.4 is 14.2 Å². The fourth-order valence-electron chi connectivity index (χ4n) is 1.53. The lowest BCUT2D eigenvalue weighted by atomic mass is 10.1. The van der Waals surface area contributed by atoms with Gasteiger partial charge in [-0.3, -0.25) is 0 Å². The predicted molar refractivity (Wildman–Crippen MR) is 49.9 cm³/mol. The fourth-order valence-corrected chi connectivity index (χ4v) is 1.53. The van der Waals surface area contributed by atoms with Gasteiger partial charge >= 0.3 is 0 Å². The molecule has 0 radical (unpaired) electrons. The van der Waals surface area contributed by atoms with E-state index in [4.69, 9.17) is 19.3 Å². The van der Waals surface area contributed by atoms with Crippen LogP contribution in [0.1, 0.15) is 5.56 Å². The Kier molecular flexibility index (Phi) is 2.45. The molecule has 1 aromatic carbocycles. The Morgan fingerprint density at radius 1 is 1.43 bits per heavy atom. The highest BCUT2D eigenvalue weighted by Gasteiger charge is 2.21. The molecule has 0 aliphatic carbocycles. The average Bonchev–Trinajstić information content (AvgIpc) is 2.66. The molecule has 0 unspecified atom stereocenters. The molecule has 14 heavy (non-hydrogen) atoms. The van der Waals surface area contributed by atoms with E-state index in [-0.39, 0.29) is 13.4 Å². The summed E-state index contributed by atoms with van der Waals surface area (Å²) in [6, 6.07) is 3.71. The van der Waals surface area contributed by atoms with Crippen molar-refractivity contribution in [1.82, 2.24) is 0 Å². The van der Waals surface area contributed by atoms with Crippen molar-refractivity contribution in [2.75, 3.05) is 20.5 Å². The van der Waals surface area contributed by atoms with E-state index in [0.717, 1.165) is 5.56 Å². The molecule has 0 fully saturated rings. The van der Waals surface area contributed by atoms with Crippen LogP contribution in [0.25, 0.3) is 0 Å². The van der Waals surface area contributed by atoms with E-state index in [1.807, 2.05) is 12.1 Å². The maximum atomic E-state index is 8.86. The van der Waals surface area contributed by atoms with Gasteiger partial charge in [0.2, 0.25) is 12.5 Å². The number of hydrogen-bond acceptors (Lipinski definition) is 4. The van der Waals surface area contributed by atoms with E-state index in [0.29, 0.717) is 23.7 Å². The highest BCUT2D eigenvalue weighted by Crippen LogP contribution is 2.43. The summed E-state index contributed by atoms with van der Waals surface area (Å²) in [5, 5.41) is 8.86. The number of hydrogen-bond donors (Lipinski definition) is 1. The standard InChI is InChI=1S/C10H12O4/c1-12-9-7(4-5-11)2-3-8-10(9)14-6-13-8/h2-3,11H,4-6H2,1H3. The first-order chi connectivity index (χ1) is 6.86. The predicted octanol–water partition coefficient (Wildman–Crippen LogP) is 0.959. The summed E-state index contributed by atoms with van der Waals surface area (Å²) < 4.78 is 15.7. The van der Waals surface area contributed by atoms with E-state index in [2.05, 4.69) is 0 Å². The summed E-state index contributed by atoms with van der Waals surface area (Å²) in [6.45, 7) is 0.324. The molecule has 1 aromatic rings. The van der Waals surface area contributed by atoms with Gasteiger partial charge in [-0.05, 0) is 12.5 Å². The highest BCUT2D eigenvalue weighted by atomic mass is 16.7. The molecule has 0 saturated heterocycles. The third kappa shape index (κ3) is 1.37. The second-order valence-electron chi connectivity index (χ2n) is 2.97. The molecule has 1 N–H and O–H groups in total. The molecule has 1 aliphatic heterocycles. The summed E-state index contributed by atoms with van der Waals surface area (Å²) in [6.07, 6.45) is 0.555. The molecule has 0 amide bonds. The van der Waals surface area contributed by atoms with Gasteiger partial charge < -0.3 is 19.3 Å². The molecule has 0 saturated carbocycles. The number of aliphatic hydroxyl groups excluding tert-OH is 1. The van der Waals surface area contributed by atoms with Crippen LogP contribution in [0.4, 0.5) is 0 Å². The van der Waals surface area contributed by atoms with Gasteiger partial charge in [-0.2, -0.15) is 0 Å². The van der Waals surface area contributed by atoms with Crippen LogP contribution in [-0.2, 0) is 6.42 Å². The van der Waals surface area contributed by atoms with Gasteiger partial charge in [0.15, 0.2) is 11.5 Å². The Balaban J connectivity index is 2.43. The summed E-state index contributed by atoms with van der Waals surface area (Å²) in [5.41, 5.74) is 0.930. The number of fused-ring (bicyclic) bond motifs is 1. The van der Waals surface area contributed by atoms with Gasteiger partial charge in [0.05, 0.1) is 7.11 Å². The smallest absolute Gasteiger partial charge is 0.231 e. The van der Waals surface area contributed by atoms with Crippen LogP contribution in [0.5, 0.6) is 17.2 Å². The summed E-state index contributed by atoms with van der Waals surface area (Å²) in [5.74, 6) is 2.00. The van der Waals surface area contributed by atoms with E-state index < -0.39 is 0 Å². The van der Waals surface area contributed by atoms with Crippen LogP contribution >= 0.6 is 0 Å². The maximum absolute atomic E-state index is 8.86. The van der Waals surface area contributed by atoms with Crippen LogP contribution in [-0.4, -0.2) is 25.6 Å². The Labute approximate surface area is 82.0 Å². The van der Waals surface area contributed by atoms with Gasteiger partial charge in [0.25, 0.3) is 0 Å². The number of rotatable bonds is 3. The summed E-state index contributed by atoms with van der Waals surface area (Å²) >= 11 is 0. The first kappa shape index (κ1) is 9.15. The Morgan fingerprint density at radius 2 is 2.29 bits per heavy atom. The first-order valence-electron chi connectivity index (χ1n) is 4.43. The molecule has 0 spiro atoms. The van der Waals surface area contributed by atoms with E-state index in [1.54, 1.807) is 7.11 Å². The minimum Gasteiger partial charge on any atom is -0.492 e. The summed E-state index contributed by atoms with van der Waals surface area (Å²) in [4.78, 5) is 0. The monoisotopic (exact) mass is 196 g/mol. The molecule has 0 aromatic heterocycles. The third-order valence-corrected chi connectivity index (χ3v) is 2.16. The van der Waals surface area contributed by atoms with Crippen molar-refractivity contribution in [2.45, 2.75) is 6.42 Å². The largest absolute Gasteiger partial charge is 0.492 e. The molecular formula is C10H12O4. The van der Waals surface area contributed by atoms with Crippen LogP contribution in [0.3, 0.4) is 0 Å². The van der Waals surface area contributed by atoms with Crippen molar-refractivity contribution >= 4 is 0 Å². The number of benzene rings is 1. The minimum absolute atomic E-state index is 0.0933. The van der Waals surface area contributed by atoms with Gasteiger partial charge in [-0.25, -0.2) is 0 Å². The summed E-state index contributed by atoms with van der Waals surface area (Å²) in [7, 11) is 1.58. The second-order valence-corrected chi connectivity index (χ2v) is 2.97. The van der Waals surface area contributed by atoms with Crippen LogP contribution in [0.15, 0.2) is 12.1 Å². The van der Waals surface area contributed by atoms with Crippen molar-refractivity contribution in [3.63, 3.8) is 0 Å². The van der Waals surface area contributed by atoms with Crippen LogP contribution in [0.2, 0.25) is 0 Å². The fraction of sp³-hybridized carbons (Fsp3) is 0.400. The van der Waals surface area contributed by atoms with Crippen molar-refractivity contribution < 1.29 is 19.3 Å². The number of methoxy groups -OCH3 is 1. The molecule has 0 atom stereocenters.